The number of hydrogen-bond acceptors (Lipinski definition) is 3. The molecule has 5 nitrogen and oxygen atoms in total. The zero-order valence-corrected chi connectivity index (χ0v) is 12.0. The van der Waals surface area contributed by atoms with Gasteiger partial charge in [-0.15, -0.1) is 0 Å². The Kier molecular flexibility index (Phi) is 4.21. The molecule has 1 aromatic carbocycles. The third kappa shape index (κ3) is 3.13. The fourth-order valence-corrected chi connectivity index (χ4v) is 2.58. The van der Waals surface area contributed by atoms with Crippen molar-refractivity contribution in [1.82, 2.24) is 5.32 Å². The van der Waals surface area contributed by atoms with Crippen molar-refractivity contribution in [2.24, 2.45) is 11.8 Å². The number of amides is 1. The Morgan fingerprint density at radius 1 is 1.42 bits per heavy atom. The number of hydrogen-bond donors (Lipinski definition) is 3. The molecule has 0 spiro atoms. The van der Waals surface area contributed by atoms with Gasteiger partial charge in [-0.2, -0.15) is 0 Å². The van der Waals surface area contributed by atoms with Crippen LogP contribution in [0.3, 0.4) is 0 Å². The molecule has 0 radical (unpaired) electrons. The van der Waals surface area contributed by atoms with E-state index in [1.165, 1.54) is 6.07 Å². The van der Waals surface area contributed by atoms with Crippen molar-refractivity contribution >= 4 is 33.5 Å². The van der Waals surface area contributed by atoms with Crippen LogP contribution in [-0.2, 0) is 4.79 Å². The van der Waals surface area contributed by atoms with Crippen LogP contribution >= 0.6 is 15.9 Å². The van der Waals surface area contributed by atoms with Gasteiger partial charge in [0.15, 0.2) is 0 Å². The van der Waals surface area contributed by atoms with Crippen LogP contribution in [-0.4, -0.2) is 30.1 Å². The zero-order chi connectivity index (χ0) is 14.0. The number of carboxylic acids is 1. The van der Waals surface area contributed by atoms with Crippen molar-refractivity contribution in [1.29, 1.82) is 0 Å². The van der Waals surface area contributed by atoms with E-state index in [9.17, 15) is 9.59 Å². The molecule has 0 unspecified atom stereocenters. The van der Waals surface area contributed by atoms with E-state index in [0.29, 0.717) is 16.7 Å². The van der Waals surface area contributed by atoms with Gasteiger partial charge in [0.05, 0.1) is 11.5 Å². The Hall–Kier alpha value is -1.40. The van der Waals surface area contributed by atoms with E-state index in [1.54, 1.807) is 12.1 Å². The van der Waals surface area contributed by atoms with Gasteiger partial charge in [0, 0.05) is 16.7 Å². The molecular formula is C13H15BrN2O3. The van der Waals surface area contributed by atoms with Gasteiger partial charge in [-0.3, -0.25) is 4.79 Å². The molecule has 1 saturated heterocycles. The van der Waals surface area contributed by atoms with Gasteiger partial charge in [-0.25, -0.2) is 4.79 Å². The monoisotopic (exact) mass is 326 g/mol. The van der Waals surface area contributed by atoms with Gasteiger partial charge in [0.25, 0.3) is 0 Å². The molecule has 1 fully saturated rings. The third-order valence-electron chi connectivity index (χ3n) is 3.32. The molecule has 1 heterocycles. The lowest BCUT2D eigenvalue weighted by Gasteiger charge is -2.14. The summed E-state index contributed by atoms with van der Waals surface area (Å²) in [5.74, 6) is -0.888. The van der Waals surface area contributed by atoms with Gasteiger partial charge in [-0.1, -0.05) is 6.92 Å². The summed E-state index contributed by atoms with van der Waals surface area (Å²) in [5.41, 5.74) is 0.639. The van der Waals surface area contributed by atoms with Crippen molar-refractivity contribution < 1.29 is 14.7 Å². The molecule has 1 aliphatic heterocycles. The van der Waals surface area contributed by atoms with Gasteiger partial charge < -0.3 is 15.7 Å². The number of carboxylic acid groups (broad SMARTS) is 1. The summed E-state index contributed by atoms with van der Waals surface area (Å²) in [6.07, 6.45) is 0. The standard InChI is InChI=1S/C13H15BrN2O3/c1-7-5-15-6-10(7)12(17)16-8-2-3-11(14)9(4-8)13(18)19/h2-4,7,10,15H,5-6H2,1H3,(H,16,17)(H,18,19)/t7-,10-/m1/s1. The van der Waals surface area contributed by atoms with E-state index in [4.69, 9.17) is 5.11 Å². The topological polar surface area (TPSA) is 78.4 Å². The van der Waals surface area contributed by atoms with Crippen molar-refractivity contribution in [3.05, 3.63) is 28.2 Å². The first-order valence-corrected chi connectivity index (χ1v) is 6.82. The van der Waals surface area contributed by atoms with Crippen LogP contribution in [0.1, 0.15) is 17.3 Å². The second-order valence-electron chi connectivity index (χ2n) is 4.73. The normalized spacial score (nSPS) is 22.2. The lowest BCUT2D eigenvalue weighted by molar-refractivity contribution is -0.120. The highest BCUT2D eigenvalue weighted by molar-refractivity contribution is 9.10. The Morgan fingerprint density at radius 2 is 2.16 bits per heavy atom. The van der Waals surface area contributed by atoms with Crippen LogP contribution in [0.4, 0.5) is 5.69 Å². The average molecular weight is 327 g/mol. The molecule has 19 heavy (non-hydrogen) atoms. The van der Waals surface area contributed by atoms with Gasteiger partial charge in [0.1, 0.15) is 0 Å². The van der Waals surface area contributed by atoms with Crippen LogP contribution in [0, 0.1) is 11.8 Å². The maximum atomic E-state index is 12.1. The minimum absolute atomic E-state index is 0.0723. The van der Waals surface area contributed by atoms with E-state index in [1.807, 2.05) is 6.92 Å². The second kappa shape index (κ2) is 5.71. The van der Waals surface area contributed by atoms with Crippen LogP contribution < -0.4 is 10.6 Å². The highest BCUT2D eigenvalue weighted by atomic mass is 79.9. The molecule has 0 aliphatic carbocycles. The molecule has 3 N–H and O–H groups in total. The summed E-state index contributed by atoms with van der Waals surface area (Å²) >= 11 is 3.17. The van der Waals surface area contributed by atoms with E-state index in [0.717, 1.165) is 6.54 Å². The SMILES string of the molecule is C[C@@H]1CNC[C@H]1C(=O)Nc1ccc(Br)c(C(=O)O)c1. The first kappa shape index (κ1) is 14.0. The highest BCUT2D eigenvalue weighted by Gasteiger charge is 2.29. The Labute approximate surface area is 119 Å². The number of carbonyl (C=O) groups excluding carboxylic acids is 1. The van der Waals surface area contributed by atoms with Crippen molar-refractivity contribution in [3.8, 4) is 0 Å². The summed E-state index contributed by atoms with van der Waals surface area (Å²) < 4.78 is 0.494. The molecule has 0 saturated carbocycles. The maximum absolute atomic E-state index is 12.1. The molecule has 6 heteroatoms. The lowest BCUT2D eigenvalue weighted by Crippen LogP contribution is -2.27. The average Bonchev–Trinajstić information content (AvgIpc) is 2.77. The van der Waals surface area contributed by atoms with Crippen molar-refractivity contribution in [3.63, 3.8) is 0 Å². The van der Waals surface area contributed by atoms with Crippen molar-refractivity contribution in [2.75, 3.05) is 18.4 Å². The minimum atomic E-state index is -1.03. The molecule has 2 rings (SSSR count). The van der Waals surface area contributed by atoms with Crippen LogP contribution in [0.25, 0.3) is 0 Å². The predicted octanol–water partition coefficient (Wildman–Crippen LogP) is 1.94. The second-order valence-corrected chi connectivity index (χ2v) is 5.59. The summed E-state index contributed by atoms with van der Waals surface area (Å²) in [5, 5.41) is 15.0. The van der Waals surface area contributed by atoms with E-state index >= 15 is 0 Å². The van der Waals surface area contributed by atoms with Crippen molar-refractivity contribution in [2.45, 2.75) is 6.92 Å². The molecule has 0 bridgehead atoms. The molecular weight excluding hydrogens is 312 g/mol. The lowest BCUT2D eigenvalue weighted by atomic mass is 9.97. The Balaban J connectivity index is 2.13. The van der Waals surface area contributed by atoms with E-state index in [-0.39, 0.29) is 23.3 Å². The molecule has 2 atom stereocenters. The highest BCUT2D eigenvalue weighted by Crippen LogP contribution is 2.23. The zero-order valence-electron chi connectivity index (χ0n) is 10.4. The molecule has 1 amide bonds. The largest absolute Gasteiger partial charge is 0.478 e. The summed E-state index contributed by atoms with van der Waals surface area (Å²) in [6.45, 7) is 3.52. The fraction of sp³-hybridized carbons (Fsp3) is 0.385. The van der Waals surface area contributed by atoms with Crippen LogP contribution in [0.15, 0.2) is 22.7 Å². The van der Waals surface area contributed by atoms with Crippen LogP contribution in [0.5, 0.6) is 0 Å². The molecule has 1 aromatic rings. The third-order valence-corrected chi connectivity index (χ3v) is 4.01. The molecule has 1 aliphatic rings. The Morgan fingerprint density at radius 3 is 2.74 bits per heavy atom. The van der Waals surface area contributed by atoms with E-state index < -0.39 is 5.97 Å². The summed E-state index contributed by atoms with van der Waals surface area (Å²) in [7, 11) is 0. The number of halogens is 1. The first-order chi connectivity index (χ1) is 8.99. The number of rotatable bonds is 3. The summed E-state index contributed by atoms with van der Waals surface area (Å²) in [6, 6.07) is 4.76. The Bertz CT molecular complexity index is 519. The molecule has 0 aromatic heterocycles. The number of anilines is 1. The number of benzene rings is 1. The molecule has 102 valence electrons. The fourth-order valence-electron chi connectivity index (χ4n) is 2.16. The number of nitrogens with one attached hydrogen (secondary N) is 2. The van der Waals surface area contributed by atoms with Gasteiger partial charge >= 0.3 is 5.97 Å². The summed E-state index contributed by atoms with van der Waals surface area (Å²) in [4.78, 5) is 23.1. The first-order valence-electron chi connectivity index (χ1n) is 6.03. The van der Waals surface area contributed by atoms with E-state index in [2.05, 4.69) is 26.6 Å². The smallest absolute Gasteiger partial charge is 0.336 e. The van der Waals surface area contributed by atoms with Gasteiger partial charge in [-0.05, 0) is 46.6 Å². The van der Waals surface area contributed by atoms with Crippen LogP contribution in [0.2, 0.25) is 0 Å². The number of aromatic carboxylic acids is 1. The number of carbonyl (C=O) groups is 2. The quantitative estimate of drug-likeness (QED) is 0.793. The van der Waals surface area contributed by atoms with Gasteiger partial charge in [0.2, 0.25) is 5.91 Å². The minimum Gasteiger partial charge on any atom is -0.478 e. The predicted molar refractivity (Wildman–Crippen MR) is 75.3 cm³/mol. The maximum Gasteiger partial charge on any atom is 0.336 e.